The summed E-state index contributed by atoms with van der Waals surface area (Å²) in [5.41, 5.74) is 1.21. The maximum Gasteiger partial charge on any atom is 0.354 e. The molecule has 0 aromatic carbocycles. The van der Waals surface area contributed by atoms with Crippen LogP contribution in [-0.2, 0) is 19.1 Å². The minimum Gasteiger partial charge on any atom is -0.461 e. The summed E-state index contributed by atoms with van der Waals surface area (Å²) in [6.07, 6.45) is 3.24. The first-order valence-electron chi connectivity index (χ1n) is 7.30. The van der Waals surface area contributed by atoms with Gasteiger partial charge in [-0.05, 0) is 32.3 Å². The van der Waals surface area contributed by atoms with Crippen molar-refractivity contribution in [3.05, 3.63) is 11.3 Å². The molecule has 1 fully saturated rings. The van der Waals surface area contributed by atoms with Gasteiger partial charge in [-0.3, -0.25) is 4.79 Å². The second-order valence-corrected chi connectivity index (χ2v) is 5.15. The van der Waals surface area contributed by atoms with Crippen LogP contribution in [0.25, 0.3) is 0 Å². The lowest BCUT2D eigenvalue weighted by Gasteiger charge is -2.36. The number of esters is 1. The van der Waals surface area contributed by atoms with E-state index in [1.165, 1.54) is 0 Å². The lowest BCUT2D eigenvalue weighted by molar-refractivity contribution is -0.139. The Labute approximate surface area is 120 Å². The van der Waals surface area contributed by atoms with Crippen LogP contribution in [0, 0.1) is 5.92 Å². The van der Waals surface area contributed by atoms with Gasteiger partial charge in [0, 0.05) is 5.92 Å². The van der Waals surface area contributed by atoms with Gasteiger partial charge in [-0.25, -0.2) is 4.79 Å². The number of ether oxygens (including phenoxy) is 2. The standard InChI is InChI=1S/C15H25NO4/c1-5-7-13-11(4)12(8-10(3)20-13)14(16-9-17)15(18)19-6-2/h9-11,13H,5-8H2,1-4H3,(H,16,17)/b14-12-/t10-,11+,13+/m1/s1. The zero-order valence-electron chi connectivity index (χ0n) is 12.8. The molecule has 0 aliphatic carbocycles. The molecule has 0 aromatic heterocycles. The second-order valence-electron chi connectivity index (χ2n) is 5.15. The first-order valence-corrected chi connectivity index (χ1v) is 7.30. The van der Waals surface area contributed by atoms with Gasteiger partial charge in [0.25, 0.3) is 0 Å². The topological polar surface area (TPSA) is 64.6 Å². The van der Waals surface area contributed by atoms with Gasteiger partial charge in [0.15, 0.2) is 0 Å². The summed E-state index contributed by atoms with van der Waals surface area (Å²) in [5, 5.41) is 2.52. The zero-order valence-corrected chi connectivity index (χ0v) is 12.8. The van der Waals surface area contributed by atoms with E-state index in [0.717, 1.165) is 18.4 Å². The highest BCUT2D eigenvalue weighted by Gasteiger charge is 2.33. The largest absolute Gasteiger partial charge is 0.461 e. The highest BCUT2D eigenvalue weighted by Crippen LogP contribution is 2.33. The Morgan fingerprint density at radius 1 is 1.45 bits per heavy atom. The molecule has 1 N–H and O–H groups in total. The van der Waals surface area contributed by atoms with Crippen molar-refractivity contribution in [2.24, 2.45) is 5.92 Å². The SMILES string of the molecule is CCC[C@@H]1O[C@H](C)C/C(=C(/NC=O)C(=O)OCC)[C@@H]1C. The fraction of sp³-hybridized carbons (Fsp3) is 0.733. The van der Waals surface area contributed by atoms with E-state index in [-0.39, 0.29) is 30.4 Å². The summed E-state index contributed by atoms with van der Waals surface area (Å²) < 4.78 is 11.0. The molecule has 114 valence electrons. The Morgan fingerprint density at radius 3 is 2.70 bits per heavy atom. The minimum atomic E-state index is -0.467. The average molecular weight is 283 g/mol. The van der Waals surface area contributed by atoms with E-state index >= 15 is 0 Å². The van der Waals surface area contributed by atoms with E-state index in [9.17, 15) is 9.59 Å². The van der Waals surface area contributed by atoms with Crippen LogP contribution in [0.2, 0.25) is 0 Å². The van der Waals surface area contributed by atoms with Crippen molar-refractivity contribution in [3.63, 3.8) is 0 Å². The zero-order chi connectivity index (χ0) is 15.1. The smallest absolute Gasteiger partial charge is 0.354 e. The van der Waals surface area contributed by atoms with E-state index in [1.807, 2.05) is 13.8 Å². The molecule has 1 aliphatic heterocycles. The van der Waals surface area contributed by atoms with E-state index < -0.39 is 5.97 Å². The molecule has 5 heteroatoms. The third kappa shape index (κ3) is 4.07. The Hall–Kier alpha value is -1.36. The van der Waals surface area contributed by atoms with Gasteiger partial charge in [-0.2, -0.15) is 0 Å². The maximum absolute atomic E-state index is 12.0. The number of nitrogens with one attached hydrogen (secondary N) is 1. The summed E-state index contributed by atoms with van der Waals surface area (Å²) in [4.78, 5) is 22.8. The van der Waals surface area contributed by atoms with Crippen molar-refractivity contribution in [3.8, 4) is 0 Å². The maximum atomic E-state index is 12.0. The summed E-state index contributed by atoms with van der Waals surface area (Å²) in [6, 6.07) is 0. The molecule has 1 aliphatic rings. The number of carbonyl (C=O) groups is 2. The summed E-state index contributed by atoms with van der Waals surface area (Å²) in [6.45, 7) is 8.16. The first kappa shape index (κ1) is 16.7. The lowest BCUT2D eigenvalue weighted by atomic mass is 9.84. The molecule has 0 saturated carbocycles. The normalized spacial score (nSPS) is 28.7. The third-order valence-electron chi connectivity index (χ3n) is 3.60. The molecule has 0 radical (unpaired) electrons. The molecule has 0 spiro atoms. The molecule has 0 bridgehead atoms. The molecule has 0 unspecified atom stereocenters. The second kappa shape index (κ2) is 8.04. The molecule has 5 nitrogen and oxygen atoms in total. The Kier molecular flexibility index (Phi) is 6.71. The summed E-state index contributed by atoms with van der Waals surface area (Å²) >= 11 is 0. The van der Waals surface area contributed by atoms with Crippen molar-refractivity contribution >= 4 is 12.4 Å². The Bertz CT molecular complexity index is 378. The van der Waals surface area contributed by atoms with Gasteiger partial charge in [0.05, 0.1) is 18.8 Å². The molecule has 1 saturated heterocycles. The van der Waals surface area contributed by atoms with Crippen LogP contribution in [-0.4, -0.2) is 31.2 Å². The number of hydrogen-bond acceptors (Lipinski definition) is 4. The number of amides is 1. The molecule has 0 aromatic rings. The van der Waals surface area contributed by atoms with Gasteiger partial charge in [-0.1, -0.05) is 20.3 Å². The van der Waals surface area contributed by atoms with Gasteiger partial charge in [-0.15, -0.1) is 0 Å². The lowest BCUT2D eigenvalue weighted by Crippen LogP contribution is -2.37. The summed E-state index contributed by atoms with van der Waals surface area (Å²) in [7, 11) is 0. The van der Waals surface area contributed by atoms with Gasteiger partial charge < -0.3 is 14.8 Å². The molecule has 20 heavy (non-hydrogen) atoms. The predicted molar refractivity (Wildman–Crippen MR) is 75.9 cm³/mol. The van der Waals surface area contributed by atoms with Crippen LogP contribution < -0.4 is 5.32 Å². The van der Waals surface area contributed by atoms with E-state index in [0.29, 0.717) is 12.8 Å². The van der Waals surface area contributed by atoms with E-state index in [2.05, 4.69) is 12.2 Å². The summed E-state index contributed by atoms with van der Waals surface area (Å²) in [5.74, 6) is -0.371. The van der Waals surface area contributed by atoms with Crippen molar-refractivity contribution in [1.82, 2.24) is 5.32 Å². The molecule has 1 heterocycles. The molecule has 1 rings (SSSR count). The van der Waals surface area contributed by atoms with Crippen molar-refractivity contribution in [2.45, 2.75) is 59.2 Å². The fourth-order valence-corrected chi connectivity index (χ4v) is 2.66. The van der Waals surface area contributed by atoms with Crippen molar-refractivity contribution in [1.29, 1.82) is 0 Å². The van der Waals surface area contributed by atoms with Crippen LogP contribution >= 0.6 is 0 Å². The first-order chi connectivity index (χ1) is 9.54. The Morgan fingerprint density at radius 2 is 2.15 bits per heavy atom. The van der Waals surface area contributed by atoms with Crippen LogP contribution in [0.1, 0.15) is 47.0 Å². The van der Waals surface area contributed by atoms with Gasteiger partial charge in [0.2, 0.25) is 6.41 Å². The number of rotatable bonds is 6. The average Bonchev–Trinajstić information content (AvgIpc) is 2.40. The third-order valence-corrected chi connectivity index (χ3v) is 3.60. The highest BCUT2D eigenvalue weighted by molar-refractivity contribution is 5.91. The fourth-order valence-electron chi connectivity index (χ4n) is 2.66. The quantitative estimate of drug-likeness (QED) is 0.461. The van der Waals surface area contributed by atoms with E-state index in [4.69, 9.17) is 9.47 Å². The number of carbonyl (C=O) groups excluding carboxylic acids is 2. The van der Waals surface area contributed by atoms with Gasteiger partial charge in [0.1, 0.15) is 5.70 Å². The molecular formula is C15H25NO4. The minimum absolute atomic E-state index is 0.0376. The predicted octanol–water partition coefficient (Wildman–Crippen LogP) is 2.16. The molecule has 1 amide bonds. The number of hydrogen-bond donors (Lipinski definition) is 1. The molecule has 3 atom stereocenters. The molecular weight excluding hydrogens is 258 g/mol. The van der Waals surface area contributed by atoms with Crippen molar-refractivity contribution in [2.75, 3.05) is 6.61 Å². The van der Waals surface area contributed by atoms with Crippen molar-refractivity contribution < 1.29 is 19.1 Å². The Balaban J connectivity index is 3.08. The monoisotopic (exact) mass is 283 g/mol. The highest BCUT2D eigenvalue weighted by atomic mass is 16.5. The van der Waals surface area contributed by atoms with Crippen LogP contribution in [0.15, 0.2) is 11.3 Å². The van der Waals surface area contributed by atoms with Crippen LogP contribution in [0.5, 0.6) is 0 Å². The van der Waals surface area contributed by atoms with Gasteiger partial charge >= 0.3 is 5.97 Å². The van der Waals surface area contributed by atoms with Crippen LogP contribution in [0.3, 0.4) is 0 Å². The van der Waals surface area contributed by atoms with E-state index in [1.54, 1.807) is 6.92 Å². The van der Waals surface area contributed by atoms with Crippen LogP contribution in [0.4, 0.5) is 0 Å².